The van der Waals surface area contributed by atoms with E-state index in [4.69, 9.17) is 0 Å². The van der Waals surface area contributed by atoms with Gasteiger partial charge in [0.2, 0.25) is 0 Å². The highest BCUT2D eigenvalue weighted by molar-refractivity contribution is 5.91. The highest BCUT2D eigenvalue weighted by Crippen LogP contribution is 2.57. The lowest BCUT2D eigenvalue weighted by Gasteiger charge is -2.11. The van der Waals surface area contributed by atoms with Crippen molar-refractivity contribution in [2.75, 3.05) is 7.11 Å². The molecule has 1 aromatic carbocycles. The smallest absolute Gasteiger partial charge is 0.338 e. The Labute approximate surface area is 93.7 Å². The minimum Gasteiger partial charge on any atom is -0.465 e. The van der Waals surface area contributed by atoms with Gasteiger partial charge in [0.05, 0.1) is 12.7 Å². The third kappa shape index (κ3) is 1.52. The fraction of sp³-hybridized carbons (Fsp3) is 0.308. The van der Waals surface area contributed by atoms with Gasteiger partial charge in [0.15, 0.2) is 0 Å². The van der Waals surface area contributed by atoms with Crippen LogP contribution in [0, 0.1) is 5.92 Å². The summed E-state index contributed by atoms with van der Waals surface area (Å²) in [5, 5.41) is 0. The SMILES string of the molecule is C=C[C@@H]1C[C@@]1(F)c1ccccc1C(=O)OC. The number of ether oxygens (including phenoxy) is 1. The maximum absolute atomic E-state index is 14.4. The topological polar surface area (TPSA) is 26.3 Å². The molecule has 1 fully saturated rings. The zero-order valence-electron chi connectivity index (χ0n) is 9.07. The van der Waals surface area contributed by atoms with Crippen molar-refractivity contribution in [3.63, 3.8) is 0 Å². The molecule has 0 aliphatic heterocycles. The van der Waals surface area contributed by atoms with Gasteiger partial charge in [-0.3, -0.25) is 0 Å². The zero-order valence-corrected chi connectivity index (χ0v) is 9.07. The summed E-state index contributed by atoms with van der Waals surface area (Å²) >= 11 is 0. The first kappa shape index (κ1) is 10.9. The Bertz CT molecular complexity index is 441. The van der Waals surface area contributed by atoms with Crippen LogP contribution in [0.25, 0.3) is 0 Å². The molecular formula is C13H13FO2. The van der Waals surface area contributed by atoms with Gasteiger partial charge in [0.25, 0.3) is 0 Å². The van der Waals surface area contributed by atoms with E-state index in [1.807, 2.05) is 0 Å². The Morgan fingerprint density at radius 1 is 1.62 bits per heavy atom. The molecule has 1 aliphatic rings. The first-order chi connectivity index (χ1) is 7.63. The summed E-state index contributed by atoms with van der Waals surface area (Å²) in [6.07, 6.45) is 1.98. The zero-order chi connectivity index (χ0) is 11.8. The van der Waals surface area contributed by atoms with Crippen LogP contribution in [0.15, 0.2) is 36.9 Å². The summed E-state index contributed by atoms with van der Waals surface area (Å²) < 4.78 is 19.0. The number of hydrogen-bond donors (Lipinski definition) is 0. The molecule has 16 heavy (non-hydrogen) atoms. The first-order valence-corrected chi connectivity index (χ1v) is 5.12. The number of halogens is 1. The molecule has 0 amide bonds. The van der Waals surface area contributed by atoms with Crippen molar-refractivity contribution in [1.82, 2.24) is 0 Å². The number of methoxy groups -OCH3 is 1. The molecule has 0 saturated heterocycles. The van der Waals surface area contributed by atoms with Crippen LogP contribution in [0.1, 0.15) is 22.3 Å². The highest BCUT2D eigenvalue weighted by atomic mass is 19.1. The second-order valence-corrected chi connectivity index (χ2v) is 3.95. The monoisotopic (exact) mass is 220 g/mol. The lowest BCUT2D eigenvalue weighted by molar-refractivity contribution is 0.0596. The molecule has 0 heterocycles. The number of alkyl halides is 1. The van der Waals surface area contributed by atoms with Crippen molar-refractivity contribution in [3.05, 3.63) is 48.0 Å². The van der Waals surface area contributed by atoms with Crippen molar-refractivity contribution in [1.29, 1.82) is 0 Å². The number of esters is 1. The molecule has 1 aromatic rings. The second-order valence-electron chi connectivity index (χ2n) is 3.95. The van der Waals surface area contributed by atoms with Crippen molar-refractivity contribution in [2.45, 2.75) is 12.1 Å². The van der Waals surface area contributed by atoms with Gasteiger partial charge in [0, 0.05) is 11.5 Å². The van der Waals surface area contributed by atoms with Crippen LogP contribution in [-0.2, 0) is 10.4 Å². The van der Waals surface area contributed by atoms with Gasteiger partial charge in [-0.05, 0) is 12.5 Å². The maximum atomic E-state index is 14.4. The Kier molecular flexibility index (Phi) is 2.54. The van der Waals surface area contributed by atoms with E-state index >= 15 is 0 Å². The Balaban J connectivity index is 2.42. The van der Waals surface area contributed by atoms with Crippen LogP contribution < -0.4 is 0 Å². The van der Waals surface area contributed by atoms with Gasteiger partial charge in [-0.25, -0.2) is 9.18 Å². The fourth-order valence-corrected chi connectivity index (χ4v) is 1.97. The minimum atomic E-state index is -1.44. The minimum absolute atomic E-state index is 0.196. The van der Waals surface area contributed by atoms with E-state index < -0.39 is 11.6 Å². The molecule has 2 nitrogen and oxygen atoms in total. The number of carbonyl (C=O) groups excluding carboxylic acids is 1. The van der Waals surface area contributed by atoms with Gasteiger partial charge in [-0.15, -0.1) is 6.58 Å². The number of hydrogen-bond acceptors (Lipinski definition) is 2. The van der Waals surface area contributed by atoms with Gasteiger partial charge in [0.1, 0.15) is 5.67 Å². The van der Waals surface area contributed by atoms with Crippen molar-refractivity contribution in [3.8, 4) is 0 Å². The van der Waals surface area contributed by atoms with Crippen molar-refractivity contribution in [2.24, 2.45) is 5.92 Å². The highest BCUT2D eigenvalue weighted by Gasteiger charge is 2.56. The number of allylic oxidation sites excluding steroid dienone is 1. The average Bonchev–Trinajstić information content (AvgIpc) is 3.01. The second kappa shape index (κ2) is 3.74. The third-order valence-electron chi connectivity index (χ3n) is 3.01. The van der Waals surface area contributed by atoms with Crippen LogP contribution in [0.4, 0.5) is 4.39 Å². The van der Waals surface area contributed by atoms with Crippen LogP contribution in [0.3, 0.4) is 0 Å². The molecule has 0 N–H and O–H groups in total. The van der Waals surface area contributed by atoms with E-state index in [9.17, 15) is 9.18 Å². The van der Waals surface area contributed by atoms with Gasteiger partial charge in [-0.2, -0.15) is 0 Å². The maximum Gasteiger partial charge on any atom is 0.338 e. The van der Waals surface area contributed by atoms with Crippen LogP contribution >= 0.6 is 0 Å². The van der Waals surface area contributed by atoms with Crippen LogP contribution in [0.2, 0.25) is 0 Å². The summed E-state index contributed by atoms with van der Waals surface area (Å²) in [5.41, 5.74) is -0.726. The standard InChI is InChI=1S/C13H13FO2/c1-3-9-8-13(9,14)11-7-5-4-6-10(11)12(15)16-2/h3-7,9H,1,8H2,2H3/t9-,13+/m1/s1. The number of carbonyl (C=O) groups is 1. The average molecular weight is 220 g/mol. The lowest BCUT2D eigenvalue weighted by atomic mass is 10.00. The summed E-state index contributed by atoms with van der Waals surface area (Å²) in [6.45, 7) is 3.58. The largest absolute Gasteiger partial charge is 0.465 e. The molecule has 0 radical (unpaired) electrons. The van der Waals surface area contributed by atoms with Crippen LogP contribution in [0.5, 0.6) is 0 Å². The molecule has 84 valence electrons. The summed E-state index contributed by atoms with van der Waals surface area (Å²) in [4.78, 5) is 11.5. The third-order valence-corrected chi connectivity index (χ3v) is 3.01. The van der Waals surface area contributed by atoms with E-state index in [0.717, 1.165) is 0 Å². The van der Waals surface area contributed by atoms with E-state index in [1.54, 1.807) is 30.3 Å². The first-order valence-electron chi connectivity index (χ1n) is 5.12. The predicted octanol–water partition coefficient (Wildman–Crippen LogP) is 2.84. The summed E-state index contributed by atoms with van der Waals surface area (Å²) in [6, 6.07) is 6.64. The van der Waals surface area contributed by atoms with Crippen LogP contribution in [-0.4, -0.2) is 13.1 Å². The Morgan fingerprint density at radius 3 is 2.88 bits per heavy atom. The molecule has 3 heteroatoms. The molecule has 0 aromatic heterocycles. The lowest BCUT2D eigenvalue weighted by Crippen LogP contribution is -2.11. The molecule has 2 rings (SSSR count). The quantitative estimate of drug-likeness (QED) is 0.578. The van der Waals surface area contributed by atoms with E-state index in [2.05, 4.69) is 11.3 Å². The molecule has 1 aliphatic carbocycles. The summed E-state index contributed by atoms with van der Waals surface area (Å²) in [7, 11) is 1.29. The fourth-order valence-electron chi connectivity index (χ4n) is 1.97. The van der Waals surface area contributed by atoms with E-state index in [0.29, 0.717) is 17.5 Å². The van der Waals surface area contributed by atoms with E-state index in [1.165, 1.54) is 7.11 Å². The number of benzene rings is 1. The number of rotatable bonds is 3. The molecular weight excluding hydrogens is 207 g/mol. The molecule has 1 saturated carbocycles. The normalized spacial score (nSPS) is 27.2. The molecule has 0 unspecified atom stereocenters. The summed E-state index contributed by atoms with van der Waals surface area (Å²) in [5.74, 6) is -0.694. The van der Waals surface area contributed by atoms with Crippen molar-refractivity contribution < 1.29 is 13.9 Å². The van der Waals surface area contributed by atoms with Gasteiger partial charge in [-0.1, -0.05) is 24.3 Å². The Hall–Kier alpha value is -1.64. The van der Waals surface area contributed by atoms with Gasteiger partial charge < -0.3 is 4.74 Å². The molecule has 0 bridgehead atoms. The molecule has 2 atom stereocenters. The molecule has 0 spiro atoms. The van der Waals surface area contributed by atoms with Crippen molar-refractivity contribution >= 4 is 5.97 Å². The predicted molar refractivity (Wildman–Crippen MR) is 58.9 cm³/mol. The Morgan fingerprint density at radius 2 is 2.31 bits per heavy atom. The van der Waals surface area contributed by atoms with E-state index in [-0.39, 0.29) is 5.92 Å². The van der Waals surface area contributed by atoms with Gasteiger partial charge >= 0.3 is 5.97 Å².